The fourth-order valence-electron chi connectivity index (χ4n) is 3.04. The number of nitrogens with zero attached hydrogens (tertiary/aromatic N) is 3. The van der Waals surface area contributed by atoms with Crippen LogP contribution in [0.4, 0.5) is 0 Å². The first kappa shape index (κ1) is 21.1. The van der Waals surface area contributed by atoms with E-state index in [2.05, 4.69) is 20.3 Å². The maximum Gasteiger partial charge on any atom is 0.261 e. The van der Waals surface area contributed by atoms with Gasteiger partial charge in [0.05, 0.1) is 17.4 Å². The maximum absolute atomic E-state index is 12.8. The highest BCUT2D eigenvalue weighted by Gasteiger charge is 2.22. The fraction of sp³-hybridized carbons (Fsp3) is 0.400. The Morgan fingerprint density at radius 1 is 1.31 bits per heavy atom. The molecule has 9 heteroatoms. The van der Waals surface area contributed by atoms with Gasteiger partial charge in [-0.3, -0.25) is 9.78 Å². The van der Waals surface area contributed by atoms with E-state index in [1.807, 2.05) is 25.1 Å². The van der Waals surface area contributed by atoms with Crippen LogP contribution in [-0.2, 0) is 17.8 Å². The number of aliphatic hydroxyl groups excluding tert-OH is 1. The molecule has 1 amide bonds. The van der Waals surface area contributed by atoms with Crippen molar-refractivity contribution < 1.29 is 19.4 Å². The first-order valence-corrected chi connectivity index (χ1v) is 10.0. The quantitative estimate of drug-likeness (QED) is 0.550. The molecule has 0 aliphatic heterocycles. The van der Waals surface area contributed by atoms with Crippen LogP contribution in [0.25, 0.3) is 10.2 Å². The van der Waals surface area contributed by atoms with E-state index in [0.717, 1.165) is 16.6 Å². The Balaban J connectivity index is 1.77. The Labute approximate surface area is 172 Å². The summed E-state index contributed by atoms with van der Waals surface area (Å²) < 4.78 is 10.5. The number of rotatable bonds is 9. The SMILES string of the molecule is COCc1nc(OC)c2c(C)c(C(=O)NCC(CO)Cc3ccccn3)sc2n1. The average molecular weight is 417 g/mol. The number of aliphatic hydroxyl groups is 1. The van der Waals surface area contributed by atoms with Gasteiger partial charge in [-0.15, -0.1) is 11.3 Å². The number of methoxy groups -OCH3 is 2. The molecule has 1 atom stereocenters. The molecule has 0 radical (unpaired) electrons. The second kappa shape index (κ2) is 9.73. The van der Waals surface area contributed by atoms with Gasteiger partial charge >= 0.3 is 0 Å². The Morgan fingerprint density at radius 2 is 2.14 bits per heavy atom. The van der Waals surface area contributed by atoms with Gasteiger partial charge in [-0.1, -0.05) is 6.07 Å². The molecule has 0 spiro atoms. The zero-order chi connectivity index (χ0) is 20.8. The molecule has 0 bridgehead atoms. The van der Waals surface area contributed by atoms with E-state index in [1.165, 1.54) is 11.3 Å². The van der Waals surface area contributed by atoms with Crippen LogP contribution < -0.4 is 10.1 Å². The minimum absolute atomic E-state index is 0.0398. The molecule has 0 saturated carbocycles. The first-order valence-electron chi connectivity index (χ1n) is 9.19. The van der Waals surface area contributed by atoms with E-state index < -0.39 is 0 Å². The number of hydrogen-bond acceptors (Lipinski definition) is 8. The molecule has 3 aromatic rings. The zero-order valence-electron chi connectivity index (χ0n) is 16.6. The van der Waals surface area contributed by atoms with Crippen molar-refractivity contribution in [2.75, 3.05) is 27.4 Å². The van der Waals surface area contributed by atoms with Crippen LogP contribution in [-0.4, -0.2) is 53.3 Å². The summed E-state index contributed by atoms with van der Waals surface area (Å²) in [4.78, 5) is 27.1. The molecule has 3 heterocycles. The lowest BCUT2D eigenvalue weighted by molar-refractivity contribution is 0.0943. The molecule has 29 heavy (non-hydrogen) atoms. The average Bonchev–Trinajstić information content (AvgIpc) is 3.07. The molecule has 0 aromatic carbocycles. The standard InChI is InChI=1S/C20H24N4O4S/c1-12-16-19(28-3)23-15(11-27-2)24-20(16)29-17(12)18(26)22-9-13(10-25)8-14-6-4-5-7-21-14/h4-7,13,25H,8-11H2,1-3H3,(H,22,26). The van der Waals surface area contributed by atoms with E-state index in [9.17, 15) is 9.90 Å². The van der Waals surface area contributed by atoms with Gasteiger partial charge in [-0.2, -0.15) is 4.98 Å². The van der Waals surface area contributed by atoms with Gasteiger partial charge in [0.25, 0.3) is 5.91 Å². The van der Waals surface area contributed by atoms with Crippen molar-refractivity contribution in [1.82, 2.24) is 20.3 Å². The molecule has 3 aromatic heterocycles. The Kier molecular flexibility index (Phi) is 7.08. The van der Waals surface area contributed by atoms with Crippen molar-refractivity contribution in [3.05, 3.63) is 46.4 Å². The number of amides is 1. The highest BCUT2D eigenvalue weighted by molar-refractivity contribution is 7.20. The summed E-state index contributed by atoms with van der Waals surface area (Å²) in [6.07, 6.45) is 2.30. The second-order valence-electron chi connectivity index (χ2n) is 6.60. The summed E-state index contributed by atoms with van der Waals surface area (Å²) in [5, 5.41) is 13.3. The van der Waals surface area contributed by atoms with Gasteiger partial charge in [0, 0.05) is 38.1 Å². The predicted octanol–water partition coefficient (Wildman–Crippen LogP) is 2.13. The van der Waals surface area contributed by atoms with Gasteiger partial charge in [-0.05, 0) is 31.0 Å². The largest absolute Gasteiger partial charge is 0.480 e. The van der Waals surface area contributed by atoms with Gasteiger partial charge in [-0.25, -0.2) is 4.98 Å². The Bertz CT molecular complexity index is 978. The summed E-state index contributed by atoms with van der Waals surface area (Å²) in [7, 11) is 3.11. The normalized spacial score (nSPS) is 12.1. The van der Waals surface area contributed by atoms with E-state index in [0.29, 0.717) is 34.4 Å². The highest BCUT2D eigenvalue weighted by atomic mass is 32.1. The monoisotopic (exact) mass is 416 g/mol. The van der Waals surface area contributed by atoms with Crippen LogP contribution in [0.5, 0.6) is 5.88 Å². The molecule has 1 unspecified atom stereocenters. The van der Waals surface area contributed by atoms with Crippen LogP contribution in [0.15, 0.2) is 24.4 Å². The number of thiophene rings is 1. The van der Waals surface area contributed by atoms with E-state index >= 15 is 0 Å². The number of carbonyl (C=O) groups excluding carboxylic acids is 1. The third-order valence-electron chi connectivity index (χ3n) is 4.51. The molecule has 3 rings (SSSR count). The van der Waals surface area contributed by atoms with Gasteiger partial charge in [0.2, 0.25) is 5.88 Å². The summed E-state index contributed by atoms with van der Waals surface area (Å²) >= 11 is 1.29. The first-order chi connectivity index (χ1) is 14.1. The van der Waals surface area contributed by atoms with Crippen LogP contribution in [0.1, 0.15) is 26.8 Å². The third-order valence-corrected chi connectivity index (χ3v) is 5.69. The number of aromatic nitrogens is 3. The summed E-state index contributed by atoms with van der Waals surface area (Å²) in [5.74, 6) is 0.602. The zero-order valence-corrected chi connectivity index (χ0v) is 17.5. The molecule has 8 nitrogen and oxygen atoms in total. The number of hydrogen-bond donors (Lipinski definition) is 2. The summed E-state index contributed by atoms with van der Waals surface area (Å²) in [5.41, 5.74) is 1.65. The Hall–Kier alpha value is -2.62. The van der Waals surface area contributed by atoms with Crippen LogP contribution >= 0.6 is 11.3 Å². The lowest BCUT2D eigenvalue weighted by Crippen LogP contribution is -2.31. The molecular formula is C20H24N4O4S. The van der Waals surface area contributed by atoms with Gasteiger partial charge in [0.1, 0.15) is 11.4 Å². The van der Waals surface area contributed by atoms with Gasteiger partial charge in [0.15, 0.2) is 5.82 Å². The number of fused-ring (bicyclic) bond motifs is 1. The van der Waals surface area contributed by atoms with Crippen molar-refractivity contribution in [3.63, 3.8) is 0 Å². The van der Waals surface area contributed by atoms with Crippen LogP contribution in [0.2, 0.25) is 0 Å². The van der Waals surface area contributed by atoms with Crippen molar-refractivity contribution in [1.29, 1.82) is 0 Å². The topological polar surface area (TPSA) is 106 Å². The van der Waals surface area contributed by atoms with E-state index in [-0.39, 0.29) is 25.0 Å². The van der Waals surface area contributed by atoms with Crippen LogP contribution in [0.3, 0.4) is 0 Å². The molecule has 0 aliphatic rings. The molecular weight excluding hydrogens is 392 g/mol. The summed E-state index contributed by atoms with van der Waals surface area (Å²) in [6, 6.07) is 5.66. The molecule has 0 fully saturated rings. The van der Waals surface area contributed by atoms with Crippen LogP contribution in [0, 0.1) is 12.8 Å². The fourth-order valence-corrected chi connectivity index (χ4v) is 4.14. The van der Waals surface area contributed by atoms with E-state index in [1.54, 1.807) is 20.4 Å². The number of nitrogens with one attached hydrogen (secondary N) is 1. The highest BCUT2D eigenvalue weighted by Crippen LogP contribution is 2.35. The minimum Gasteiger partial charge on any atom is -0.480 e. The maximum atomic E-state index is 12.8. The van der Waals surface area contributed by atoms with Crippen molar-refractivity contribution in [3.8, 4) is 5.88 Å². The molecule has 2 N–H and O–H groups in total. The van der Waals surface area contributed by atoms with Gasteiger partial charge < -0.3 is 19.9 Å². The second-order valence-corrected chi connectivity index (χ2v) is 7.60. The number of aryl methyl sites for hydroxylation is 1. The smallest absolute Gasteiger partial charge is 0.261 e. The van der Waals surface area contributed by atoms with Crippen molar-refractivity contribution in [2.45, 2.75) is 20.0 Å². The third kappa shape index (κ3) is 4.87. The lowest BCUT2D eigenvalue weighted by Gasteiger charge is -2.14. The molecule has 154 valence electrons. The summed E-state index contributed by atoms with van der Waals surface area (Å²) in [6.45, 7) is 2.42. The molecule has 0 saturated heterocycles. The number of ether oxygens (including phenoxy) is 2. The Morgan fingerprint density at radius 3 is 2.79 bits per heavy atom. The number of pyridine rings is 1. The van der Waals surface area contributed by atoms with Crippen molar-refractivity contribution >= 4 is 27.5 Å². The number of carbonyl (C=O) groups is 1. The lowest BCUT2D eigenvalue weighted by atomic mass is 10.0. The van der Waals surface area contributed by atoms with E-state index in [4.69, 9.17) is 9.47 Å². The molecule has 0 aliphatic carbocycles. The predicted molar refractivity (Wildman–Crippen MR) is 110 cm³/mol. The minimum atomic E-state index is -0.208. The van der Waals surface area contributed by atoms with Crippen molar-refractivity contribution in [2.24, 2.45) is 5.92 Å².